The van der Waals surface area contributed by atoms with Crippen molar-refractivity contribution in [2.75, 3.05) is 13.2 Å². The normalized spacial score (nSPS) is 12.5. The first-order chi connectivity index (χ1) is 26.8. The van der Waals surface area contributed by atoms with Crippen molar-refractivity contribution in [3.05, 3.63) is 0 Å². The van der Waals surface area contributed by atoms with Gasteiger partial charge in [-0.25, -0.2) is 0 Å². The van der Waals surface area contributed by atoms with Crippen molar-refractivity contribution in [2.24, 2.45) is 11.8 Å². The van der Waals surface area contributed by atoms with Crippen LogP contribution in [-0.2, 0) is 28.6 Å². The molecule has 0 aromatic carbocycles. The maximum absolute atomic E-state index is 12.7. The second kappa shape index (κ2) is 42.0. The Hall–Kier alpha value is -1.59. The van der Waals surface area contributed by atoms with Crippen LogP contribution in [0.25, 0.3) is 0 Å². The summed E-state index contributed by atoms with van der Waals surface area (Å²) in [5.74, 6) is 0.774. The van der Waals surface area contributed by atoms with Crippen molar-refractivity contribution in [1.29, 1.82) is 0 Å². The number of esters is 3. The third kappa shape index (κ3) is 41.9. The molecule has 0 radical (unpaired) electrons. The minimum atomic E-state index is -0.761. The van der Waals surface area contributed by atoms with Crippen LogP contribution in [0, 0.1) is 11.8 Å². The molecule has 2 atom stereocenters. The van der Waals surface area contributed by atoms with Gasteiger partial charge in [0.2, 0.25) is 0 Å². The summed E-state index contributed by atoms with van der Waals surface area (Å²) in [5.41, 5.74) is 0. The van der Waals surface area contributed by atoms with Gasteiger partial charge in [-0.2, -0.15) is 0 Å². The largest absolute Gasteiger partial charge is 0.462 e. The summed E-state index contributed by atoms with van der Waals surface area (Å²) < 4.78 is 16.8. The van der Waals surface area contributed by atoms with Gasteiger partial charge in [-0.1, -0.05) is 227 Å². The lowest BCUT2D eigenvalue weighted by Crippen LogP contribution is -2.30. The van der Waals surface area contributed by atoms with Crippen LogP contribution in [0.4, 0.5) is 0 Å². The molecule has 0 fully saturated rings. The zero-order valence-corrected chi connectivity index (χ0v) is 37.6. The minimum Gasteiger partial charge on any atom is -0.462 e. The third-order valence-electron chi connectivity index (χ3n) is 11.3. The number of rotatable bonds is 43. The van der Waals surface area contributed by atoms with E-state index in [1.165, 1.54) is 154 Å². The molecule has 6 nitrogen and oxygen atoms in total. The van der Waals surface area contributed by atoms with E-state index < -0.39 is 6.10 Å². The van der Waals surface area contributed by atoms with Crippen LogP contribution in [0.1, 0.15) is 266 Å². The lowest BCUT2D eigenvalue weighted by atomic mass is 10.00. The summed E-state index contributed by atoms with van der Waals surface area (Å²) in [6.07, 6.45) is 40.9. The van der Waals surface area contributed by atoms with Gasteiger partial charge in [0.15, 0.2) is 6.10 Å². The number of ether oxygens (including phenoxy) is 3. The maximum atomic E-state index is 12.7. The van der Waals surface area contributed by atoms with Crippen molar-refractivity contribution in [3.8, 4) is 0 Å². The fourth-order valence-corrected chi connectivity index (χ4v) is 7.25. The molecule has 0 saturated heterocycles. The highest BCUT2D eigenvalue weighted by Crippen LogP contribution is 2.17. The zero-order valence-electron chi connectivity index (χ0n) is 37.6. The standard InChI is InChI=1S/C49H94O6/c1-6-8-9-10-11-12-13-14-15-16-20-23-29-34-39-47(50)53-42-46(43-54-48(51)40-35-30-26-25-28-33-38-45(5)7-2)55-49(52)41-36-31-24-21-18-17-19-22-27-32-37-44(3)4/h44-46H,6-43H2,1-5H3/t45?,46-/m0/s1. The lowest BCUT2D eigenvalue weighted by Gasteiger charge is -2.18. The maximum Gasteiger partial charge on any atom is 0.306 e. The number of carbonyl (C=O) groups is 3. The van der Waals surface area contributed by atoms with Crippen molar-refractivity contribution < 1.29 is 28.6 Å². The SMILES string of the molecule is CCCCCCCCCCCCCCCCC(=O)OC[C@@H](COC(=O)CCCCCCCCC(C)CC)OC(=O)CCCCCCCCCCCCC(C)C. The lowest BCUT2D eigenvalue weighted by molar-refractivity contribution is -0.167. The van der Waals surface area contributed by atoms with Crippen LogP contribution in [0.15, 0.2) is 0 Å². The molecule has 0 aliphatic carbocycles. The molecule has 0 aliphatic heterocycles. The molecule has 0 N–H and O–H groups in total. The number of hydrogen-bond acceptors (Lipinski definition) is 6. The highest BCUT2D eigenvalue weighted by atomic mass is 16.6. The molecular formula is C49H94O6. The molecule has 326 valence electrons. The van der Waals surface area contributed by atoms with Gasteiger partial charge in [-0.3, -0.25) is 14.4 Å². The average molecular weight is 779 g/mol. The molecule has 0 aromatic heterocycles. The smallest absolute Gasteiger partial charge is 0.306 e. The van der Waals surface area contributed by atoms with Crippen molar-refractivity contribution >= 4 is 17.9 Å². The molecule has 1 unspecified atom stereocenters. The van der Waals surface area contributed by atoms with Crippen molar-refractivity contribution in [2.45, 2.75) is 272 Å². The molecule has 0 bridgehead atoms. The monoisotopic (exact) mass is 779 g/mol. The van der Waals surface area contributed by atoms with Crippen LogP contribution in [0.3, 0.4) is 0 Å². The van der Waals surface area contributed by atoms with Crippen LogP contribution in [-0.4, -0.2) is 37.2 Å². The topological polar surface area (TPSA) is 78.9 Å². The molecule has 55 heavy (non-hydrogen) atoms. The number of unbranched alkanes of at least 4 members (excludes halogenated alkanes) is 27. The van der Waals surface area contributed by atoms with Gasteiger partial charge in [-0.15, -0.1) is 0 Å². The Morgan fingerprint density at radius 3 is 1.04 bits per heavy atom. The molecule has 0 heterocycles. The Morgan fingerprint density at radius 2 is 0.691 bits per heavy atom. The van der Waals surface area contributed by atoms with Gasteiger partial charge in [-0.05, 0) is 31.1 Å². The number of hydrogen-bond donors (Lipinski definition) is 0. The summed E-state index contributed by atoms with van der Waals surface area (Å²) in [6, 6.07) is 0. The number of carbonyl (C=O) groups excluding carboxylic acids is 3. The van der Waals surface area contributed by atoms with E-state index in [9.17, 15) is 14.4 Å². The molecule has 0 saturated carbocycles. The Morgan fingerprint density at radius 1 is 0.382 bits per heavy atom. The van der Waals surface area contributed by atoms with E-state index in [1.54, 1.807) is 0 Å². The quantitative estimate of drug-likeness (QED) is 0.0348. The van der Waals surface area contributed by atoms with Crippen LogP contribution in [0.5, 0.6) is 0 Å². The zero-order chi connectivity index (χ0) is 40.5. The first kappa shape index (κ1) is 53.4. The molecule has 0 amide bonds. The van der Waals surface area contributed by atoms with Gasteiger partial charge in [0.25, 0.3) is 0 Å². The van der Waals surface area contributed by atoms with E-state index in [1.807, 2.05) is 0 Å². The van der Waals surface area contributed by atoms with Crippen molar-refractivity contribution in [1.82, 2.24) is 0 Å². The van der Waals surface area contributed by atoms with Gasteiger partial charge in [0.05, 0.1) is 0 Å². The molecule has 0 aliphatic rings. The van der Waals surface area contributed by atoms with Crippen LogP contribution >= 0.6 is 0 Å². The summed E-state index contributed by atoms with van der Waals surface area (Å²) in [5, 5.41) is 0. The molecule has 0 rings (SSSR count). The fraction of sp³-hybridized carbons (Fsp3) is 0.939. The minimum absolute atomic E-state index is 0.0649. The molecule has 0 aromatic rings. The average Bonchev–Trinajstić information content (AvgIpc) is 3.17. The highest BCUT2D eigenvalue weighted by Gasteiger charge is 2.19. The summed E-state index contributed by atoms with van der Waals surface area (Å²) >= 11 is 0. The third-order valence-corrected chi connectivity index (χ3v) is 11.3. The van der Waals surface area contributed by atoms with E-state index in [4.69, 9.17) is 14.2 Å². The Kier molecular flexibility index (Phi) is 40.8. The van der Waals surface area contributed by atoms with E-state index in [0.717, 1.165) is 69.6 Å². The Balaban J connectivity index is 4.33. The van der Waals surface area contributed by atoms with Gasteiger partial charge in [0.1, 0.15) is 13.2 Å². The van der Waals surface area contributed by atoms with E-state index in [0.29, 0.717) is 19.3 Å². The van der Waals surface area contributed by atoms with Gasteiger partial charge >= 0.3 is 17.9 Å². The molecule has 0 spiro atoms. The first-order valence-electron chi connectivity index (χ1n) is 24.3. The van der Waals surface area contributed by atoms with E-state index in [2.05, 4.69) is 34.6 Å². The predicted octanol–water partition coefficient (Wildman–Crippen LogP) is 15.4. The van der Waals surface area contributed by atoms with Crippen LogP contribution < -0.4 is 0 Å². The van der Waals surface area contributed by atoms with Crippen molar-refractivity contribution in [3.63, 3.8) is 0 Å². The van der Waals surface area contributed by atoms with Crippen LogP contribution in [0.2, 0.25) is 0 Å². The molecular weight excluding hydrogens is 685 g/mol. The summed E-state index contributed by atoms with van der Waals surface area (Å²) in [4.78, 5) is 37.8. The van der Waals surface area contributed by atoms with E-state index >= 15 is 0 Å². The highest BCUT2D eigenvalue weighted by molar-refractivity contribution is 5.71. The second-order valence-corrected chi connectivity index (χ2v) is 17.5. The van der Waals surface area contributed by atoms with Gasteiger partial charge < -0.3 is 14.2 Å². The fourth-order valence-electron chi connectivity index (χ4n) is 7.25. The second-order valence-electron chi connectivity index (χ2n) is 17.5. The molecule has 6 heteroatoms. The van der Waals surface area contributed by atoms with Gasteiger partial charge in [0, 0.05) is 19.3 Å². The summed E-state index contributed by atoms with van der Waals surface area (Å²) in [7, 11) is 0. The summed E-state index contributed by atoms with van der Waals surface area (Å²) in [6.45, 7) is 11.3. The first-order valence-corrected chi connectivity index (χ1v) is 24.3. The predicted molar refractivity (Wildman–Crippen MR) is 233 cm³/mol. The Bertz CT molecular complexity index is 841. The van der Waals surface area contributed by atoms with E-state index in [-0.39, 0.29) is 31.1 Å². The Labute approximate surface area is 342 Å².